The van der Waals surface area contributed by atoms with Crippen LogP contribution in [-0.4, -0.2) is 38.5 Å². The zero-order chi connectivity index (χ0) is 17.9. The van der Waals surface area contributed by atoms with E-state index < -0.39 is 15.1 Å². The van der Waals surface area contributed by atoms with E-state index in [9.17, 15) is 8.42 Å². The minimum atomic E-state index is -3.44. The summed E-state index contributed by atoms with van der Waals surface area (Å²) in [4.78, 5) is 6.73. The molecule has 24 heavy (non-hydrogen) atoms. The standard InChI is InChI=1S/C17H26ClN3O2S/c1-12(2)24(22,23)16-5-4-14(10-15(16)20-17(19)11-18)21-8-6-13(3)7-9-21/h4-5,10,12-13H,6-9,11H2,1-3H3,(H2,19,20). The molecule has 1 aromatic rings. The number of nitrogens with zero attached hydrogens (tertiary/aromatic N) is 2. The third-order valence-corrected chi connectivity index (χ3v) is 6.89. The number of anilines is 1. The Hall–Kier alpha value is -1.27. The number of sulfone groups is 1. The van der Waals surface area contributed by atoms with E-state index in [-0.39, 0.29) is 16.6 Å². The molecule has 1 fully saturated rings. The number of hydrogen-bond acceptors (Lipinski definition) is 4. The molecular weight excluding hydrogens is 346 g/mol. The molecule has 0 unspecified atom stereocenters. The molecule has 0 aromatic heterocycles. The van der Waals surface area contributed by atoms with Crippen molar-refractivity contribution in [3.63, 3.8) is 0 Å². The third kappa shape index (κ3) is 4.22. The molecule has 1 saturated heterocycles. The van der Waals surface area contributed by atoms with Crippen molar-refractivity contribution in [1.82, 2.24) is 0 Å². The number of alkyl halides is 1. The molecule has 0 bridgehead atoms. The van der Waals surface area contributed by atoms with Gasteiger partial charge in [0.05, 0.1) is 21.7 Å². The van der Waals surface area contributed by atoms with Crippen molar-refractivity contribution in [2.75, 3.05) is 23.9 Å². The first-order valence-electron chi connectivity index (χ1n) is 8.27. The normalized spacial score (nSPS) is 17.5. The summed E-state index contributed by atoms with van der Waals surface area (Å²) in [6.45, 7) is 7.51. The van der Waals surface area contributed by atoms with E-state index >= 15 is 0 Å². The summed E-state index contributed by atoms with van der Waals surface area (Å²) in [6.07, 6.45) is 2.27. The SMILES string of the molecule is CC1CCN(c2ccc(S(=O)(=O)C(C)C)c(N=C(N)CCl)c2)CC1. The van der Waals surface area contributed by atoms with Crippen LogP contribution in [0.3, 0.4) is 0 Å². The zero-order valence-electron chi connectivity index (χ0n) is 14.5. The van der Waals surface area contributed by atoms with Crippen molar-refractivity contribution < 1.29 is 8.42 Å². The maximum Gasteiger partial charge on any atom is 0.182 e. The molecule has 0 saturated carbocycles. The highest BCUT2D eigenvalue weighted by atomic mass is 35.5. The van der Waals surface area contributed by atoms with Crippen molar-refractivity contribution in [3.05, 3.63) is 18.2 Å². The Morgan fingerprint density at radius 2 is 2.00 bits per heavy atom. The second-order valence-corrected chi connectivity index (χ2v) is 9.39. The van der Waals surface area contributed by atoms with Gasteiger partial charge in [-0.2, -0.15) is 0 Å². The molecule has 0 aliphatic carbocycles. The van der Waals surface area contributed by atoms with Crippen LogP contribution in [0.1, 0.15) is 33.6 Å². The second kappa shape index (κ2) is 7.74. The maximum atomic E-state index is 12.6. The predicted octanol–water partition coefficient (Wildman–Crippen LogP) is 3.33. The number of rotatable bonds is 5. The third-order valence-electron chi connectivity index (χ3n) is 4.42. The summed E-state index contributed by atoms with van der Waals surface area (Å²) in [7, 11) is -3.44. The molecule has 134 valence electrons. The summed E-state index contributed by atoms with van der Waals surface area (Å²) in [5, 5.41) is -0.523. The summed E-state index contributed by atoms with van der Waals surface area (Å²) < 4.78 is 25.2. The molecule has 2 rings (SSSR count). The van der Waals surface area contributed by atoms with Crippen LogP contribution >= 0.6 is 11.6 Å². The number of hydrogen-bond donors (Lipinski definition) is 1. The summed E-state index contributed by atoms with van der Waals surface area (Å²) in [6, 6.07) is 5.31. The van der Waals surface area contributed by atoms with Gasteiger partial charge < -0.3 is 10.6 Å². The number of piperidine rings is 1. The van der Waals surface area contributed by atoms with Gasteiger partial charge in [0, 0.05) is 18.8 Å². The van der Waals surface area contributed by atoms with E-state index in [1.165, 1.54) is 0 Å². The Bertz CT molecular complexity index is 709. The van der Waals surface area contributed by atoms with Crippen LogP contribution in [-0.2, 0) is 9.84 Å². The lowest BCUT2D eigenvalue weighted by atomic mass is 9.99. The zero-order valence-corrected chi connectivity index (χ0v) is 16.1. The molecule has 1 heterocycles. The van der Waals surface area contributed by atoms with Crippen LogP contribution in [0, 0.1) is 5.92 Å². The molecule has 0 atom stereocenters. The van der Waals surface area contributed by atoms with E-state index in [1.807, 2.05) is 12.1 Å². The minimum Gasteiger partial charge on any atom is -0.386 e. The fraction of sp³-hybridized carbons (Fsp3) is 0.588. The van der Waals surface area contributed by atoms with Crippen LogP contribution in [0.25, 0.3) is 0 Å². The Kier molecular flexibility index (Phi) is 6.15. The smallest absolute Gasteiger partial charge is 0.182 e. The lowest BCUT2D eigenvalue weighted by Crippen LogP contribution is -2.32. The molecule has 1 aliphatic rings. The van der Waals surface area contributed by atoms with E-state index in [0.717, 1.165) is 37.5 Å². The lowest BCUT2D eigenvalue weighted by Gasteiger charge is -2.32. The molecule has 1 aromatic carbocycles. The predicted molar refractivity (Wildman–Crippen MR) is 101 cm³/mol. The first-order valence-corrected chi connectivity index (χ1v) is 10.4. The molecule has 0 radical (unpaired) electrons. The monoisotopic (exact) mass is 371 g/mol. The van der Waals surface area contributed by atoms with E-state index in [4.69, 9.17) is 17.3 Å². The number of halogens is 1. The maximum absolute atomic E-state index is 12.6. The van der Waals surface area contributed by atoms with Gasteiger partial charge in [-0.3, -0.25) is 0 Å². The first kappa shape index (κ1) is 19.1. The van der Waals surface area contributed by atoms with E-state index in [2.05, 4.69) is 16.8 Å². The number of benzene rings is 1. The van der Waals surface area contributed by atoms with Crippen LogP contribution in [0.4, 0.5) is 11.4 Å². The van der Waals surface area contributed by atoms with Crippen LogP contribution in [0.2, 0.25) is 0 Å². The Balaban J connectivity index is 2.47. The molecule has 5 nitrogen and oxygen atoms in total. The van der Waals surface area contributed by atoms with Gasteiger partial charge >= 0.3 is 0 Å². The summed E-state index contributed by atoms with van der Waals surface area (Å²) >= 11 is 5.72. The van der Waals surface area contributed by atoms with Gasteiger partial charge in [0.25, 0.3) is 0 Å². The highest BCUT2D eigenvalue weighted by Crippen LogP contribution is 2.33. The lowest BCUT2D eigenvalue weighted by molar-refractivity contribution is 0.438. The van der Waals surface area contributed by atoms with Crippen molar-refractivity contribution in [1.29, 1.82) is 0 Å². The van der Waals surface area contributed by atoms with Gasteiger partial charge in [0.15, 0.2) is 9.84 Å². The average Bonchev–Trinajstić information content (AvgIpc) is 2.55. The van der Waals surface area contributed by atoms with Gasteiger partial charge in [-0.25, -0.2) is 13.4 Å². The molecule has 2 N–H and O–H groups in total. The number of nitrogens with two attached hydrogens (primary N) is 1. The Labute approximate surface area is 149 Å². The number of amidine groups is 1. The highest BCUT2D eigenvalue weighted by molar-refractivity contribution is 7.92. The van der Waals surface area contributed by atoms with Gasteiger partial charge in [0.2, 0.25) is 0 Å². The molecule has 7 heteroatoms. The first-order chi connectivity index (χ1) is 11.3. The average molecular weight is 372 g/mol. The van der Waals surface area contributed by atoms with Crippen molar-refractivity contribution >= 4 is 38.6 Å². The second-order valence-electron chi connectivity index (χ2n) is 6.65. The molecule has 0 amide bonds. The largest absolute Gasteiger partial charge is 0.386 e. The van der Waals surface area contributed by atoms with Gasteiger partial charge in [0.1, 0.15) is 5.84 Å². The highest BCUT2D eigenvalue weighted by Gasteiger charge is 2.24. The quantitative estimate of drug-likeness (QED) is 0.489. The van der Waals surface area contributed by atoms with Crippen molar-refractivity contribution in [2.45, 2.75) is 43.8 Å². The fourth-order valence-electron chi connectivity index (χ4n) is 2.74. The van der Waals surface area contributed by atoms with Crippen LogP contribution < -0.4 is 10.6 Å². The Morgan fingerprint density at radius 3 is 2.54 bits per heavy atom. The summed E-state index contributed by atoms with van der Waals surface area (Å²) in [5.41, 5.74) is 7.10. The van der Waals surface area contributed by atoms with Crippen molar-refractivity contribution in [3.8, 4) is 0 Å². The van der Waals surface area contributed by atoms with Crippen LogP contribution in [0.15, 0.2) is 28.1 Å². The van der Waals surface area contributed by atoms with Gasteiger partial charge in [-0.05, 0) is 50.8 Å². The topological polar surface area (TPSA) is 75.8 Å². The van der Waals surface area contributed by atoms with Crippen LogP contribution in [0.5, 0.6) is 0 Å². The number of aliphatic imine (C=N–C) groups is 1. The molecular formula is C17H26ClN3O2S. The van der Waals surface area contributed by atoms with Gasteiger partial charge in [-0.1, -0.05) is 6.92 Å². The van der Waals surface area contributed by atoms with Crippen molar-refractivity contribution in [2.24, 2.45) is 16.6 Å². The fourth-order valence-corrected chi connectivity index (χ4v) is 3.96. The molecule has 0 spiro atoms. The van der Waals surface area contributed by atoms with E-state index in [0.29, 0.717) is 5.69 Å². The van der Waals surface area contributed by atoms with Gasteiger partial charge in [-0.15, -0.1) is 11.6 Å². The molecule has 1 aliphatic heterocycles. The van der Waals surface area contributed by atoms with E-state index in [1.54, 1.807) is 19.9 Å². The Morgan fingerprint density at radius 1 is 1.38 bits per heavy atom. The summed E-state index contributed by atoms with van der Waals surface area (Å²) in [5.74, 6) is 1.000. The minimum absolute atomic E-state index is 0.0621.